The summed E-state index contributed by atoms with van der Waals surface area (Å²) in [7, 11) is 0. The van der Waals surface area contributed by atoms with Gasteiger partial charge < -0.3 is 4.74 Å². The molecule has 0 saturated heterocycles. The first-order chi connectivity index (χ1) is 13.0. The summed E-state index contributed by atoms with van der Waals surface area (Å²) in [5, 5.41) is 4.61. The van der Waals surface area contributed by atoms with Crippen LogP contribution in [0, 0.1) is 11.2 Å². The third-order valence-electron chi connectivity index (χ3n) is 6.27. The van der Waals surface area contributed by atoms with Gasteiger partial charge in [0.15, 0.2) is 0 Å². The second kappa shape index (κ2) is 7.23. The van der Waals surface area contributed by atoms with Crippen LogP contribution in [-0.2, 0) is 11.2 Å². The van der Waals surface area contributed by atoms with Gasteiger partial charge in [-0.05, 0) is 74.9 Å². The first-order valence-corrected chi connectivity index (χ1v) is 10.2. The van der Waals surface area contributed by atoms with E-state index in [0.717, 1.165) is 43.5 Å². The van der Waals surface area contributed by atoms with Gasteiger partial charge in [-0.3, -0.25) is 0 Å². The number of aromatic nitrogens is 2. The van der Waals surface area contributed by atoms with Crippen molar-refractivity contribution >= 4 is 6.08 Å². The van der Waals surface area contributed by atoms with Gasteiger partial charge >= 0.3 is 0 Å². The summed E-state index contributed by atoms with van der Waals surface area (Å²) in [4.78, 5) is 0. The molecule has 0 unspecified atom stereocenters. The Kier molecular flexibility index (Phi) is 4.94. The molecule has 4 heteroatoms. The third kappa shape index (κ3) is 3.36. The molecule has 0 aliphatic heterocycles. The van der Waals surface area contributed by atoms with Gasteiger partial charge in [0, 0.05) is 5.41 Å². The molecule has 1 fully saturated rings. The summed E-state index contributed by atoms with van der Waals surface area (Å²) in [6, 6.07) is 6.55. The number of ether oxygens (including phenoxy) is 1. The van der Waals surface area contributed by atoms with Crippen LogP contribution < -0.4 is 0 Å². The highest BCUT2D eigenvalue weighted by Crippen LogP contribution is 2.49. The quantitative estimate of drug-likeness (QED) is 0.675. The average molecular weight is 368 g/mol. The molecule has 1 aromatic heterocycles. The SMILES string of the molecule is CCC[C@H](C)O[C@H]1CCCC2=Cc3c(cnn3-c3ccc(F)cc3)C[C@@]21C. The zero-order chi connectivity index (χ0) is 19.0. The fraction of sp³-hybridized carbons (Fsp3) is 0.522. The van der Waals surface area contributed by atoms with Crippen LogP contribution in [0.2, 0.25) is 0 Å². The van der Waals surface area contributed by atoms with Crippen molar-refractivity contribution in [1.82, 2.24) is 9.78 Å². The summed E-state index contributed by atoms with van der Waals surface area (Å²) in [5.41, 5.74) is 4.81. The van der Waals surface area contributed by atoms with Crippen molar-refractivity contribution in [1.29, 1.82) is 0 Å². The van der Waals surface area contributed by atoms with Gasteiger partial charge in [0.25, 0.3) is 0 Å². The second-order valence-corrected chi connectivity index (χ2v) is 8.32. The van der Waals surface area contributed by atoms with Crippen LogP contribution >= 0.6 is 0 Å². The minimum Gasteiger partial charge on any atom is -0.374 e. The van der Waals surface area contributed by atoms with E-state index in [1.807, 2.05) is 10.9 Å². The third-order valence-corrected chi connectivity index (χ3v) is 6.27. The molecule has 1 saturated carbocycles. The van der Waals surface area contributed by atoms with Crippen molar-refractivity contribution in [2.75, 3.05) is 0 Å². The molecule has 2 aliphatic rings. The van der Waals surface area contributed by atoms with Crippen LogP contribution in [0.1, 0.15) is 64.1 Å². The van der Waals surface area contributed by atoms with Crippen LogP contribution in [0.4, 0.5) is 4.39 Å². The zero-order valence-electron chi connectivity index (χ0n) is 16.5. The molecule has 27 heavy (non-hydrogen) atoms. The van der Waals surface area contributed by atoms with Crippen molar-refractivity contribution in [3.8, 4) is 5.69 Å². The Morgan fingerprint density at radius 3 is 2.85 bits per heavy atom. The van der Waals surface area contributed by atoms with Crippen molar-refractivity contribution in [2.45, 2.75) is 71.5 Å². The topological polar surface area (TPSA) is 27.1 Å². The molecule has 0 spiro atoms. The van der Waals surface area contributed by atoms with E-state index >= 15 is 0 Å². The molecule has 4 rings (SSSR count). The van der Waals surface area contributed by atoms with E-state index in [1.165, 1.54) is 29.7 Å². The smallest absolute Gasteiger partial charge is 0.123 e. The van der Waals surface area contributed by atoms with Crippen molar-refractivity contribution in [2.24, 2.45) is 5.41 Å². The molecule has 0 bridgehead atoms. The lowest BCUT2D eigenvalue weighted by Gasteiger charge is -2.46. The molecule has 2 aliphatic carbocycles. The van der Waals surface area contributed by atoms with Crippen LogP contribution in [0.25, 0.3) is 11.8 Å². The Bertz CT molecular complexity index is 839. The molecule has 144 valence electrons. The number of hydrogen-bond acceptors (Lipinski definition) is 2. The van der Waals surface area contributed by atoms with Crippen molar-refractivity contribution < 1.29 is 9.13 Å². The predicted octanol–water partition coefficient (Wildman–Crippen LogP) is 5.71. The Morgan fingerprint density at radius 2 is 2.11 bits per heavy atom. The molecule has 0 N–H and O–H groups in total. The highest BCUT2D eigenvalue weighted by atomic mass is 19.1. The van der Waals surface area contributed by atoms with Crippen LogP contribution in [0.3, 0.4) is 0 Å². The summed E-state index contributed by atoms with van der Waals surface area (Å²) >= 11 is 0. The molecule has 0 radical (unpaired) electrons. The number of hydrogen-bond donors (Lipinski definition) is 0. The number of fused-ring (bicyclic) bond motifs is 2. The van der Waals surface area contributed by atoms with E-state index < -0.39 is 0 Å². The van der Waals surface area contributed by atoms with E-state index in [1.54, 1.807) is 12.1 Å². The summed E-state index contributed by atoms with van der Waals surface area (Å²) in [6.45, 7) is 6.77. The fourth-order valence-corrected chi connectivity index (χ4v) is 4.76. The van der Waals surface area contributed by atoms with E-state index in [0.29, 0.717) is 6.10 Å². The Hall–Kier alpha value is -1.94. The predicted molar refractivity (Wildman–Crippen MR) is 106 cm³/mol. The fourth-order valence-electron chi connectivity index (χ4n) is 4.76. The first kappa shape index (κ1) is 18.4. The average Bonchev–Trinajstić information content (AvgIpc) is 3.03. The molecular formula is C23H29FN2O. The number of halogens is 1. The summed E-state index contributed by atoms with van der Waals surface area (Å²) in [6.07, 6.45) is 11.5. The molecular weight excluding hydrogens is 339 g/mol. The van der Waals surface area contributed by atoms with E-state index in [2.05, 4.69) is 31.9 Å². The normalized spacial score (nSPS) is 25.5. The lowest BCUT2D eigenvalue weighted by molar-refractivity contribution is -0.0749. The largest absolute Gasteiger partial charge is 0.374 e. The lowest BCUT2D eigenvalue weighted by atomic mass is 9.64. The lowest BCUT2D eigenvalue weighted by Crippen LogP contribution is -2.44. The Balaban J connectivity index is 1.66. The molecule has 2 aromatic rings. The summed E-state index contributed by atoms with van der Waals surface area (Å²) < 4.78 is 21.7. The number of rotatable bonds is 5. The zero-order valence-corrected chi connectivity index (χ0v) is 16.5. The maximum atomic E-state index is 13.3. The Labute approximate surface area is 161 Å². The van der Waals surface area contributed by atoms with E-state index in [4.69, 9.17) is 4.74 Å². The maximum Gasteiger partial charge on any atom is 0.123 e. The number of nitrogens with zero attached hydrogens (tertiary/aromatic N) is 2. The minimum absolute atomic E-state index is 0.0455. The molecule has 0 amide bonds. The summed E-state index contributed by atoms with van der Waals surface area (Å²) in [5.74, 6) is -0.223. The van der Waals surface area contributed by atoms with Crippen molar-refractivity contribution in [3.05, 3.63) is 53.1 Å². The van der Waals surface area contributed by atoms with Gasteiger partial charge in [-0.1, -0.05) is 25.8 Å². The van der Waals surface area contributed by atoms with Gasteiger partial charge in [0.1, 0.15) is 5.82 Å². The monoisotopic (exact) mass is 368 g/mol. The van der Waals surface area contributed by atoms with Crippen LogP contribution in [0.5, 0.6) is 0 Å². The standard InChI is InChI=1S/C23H29FN2O/c1-4-6-16(2)27-22-8-5-7-18-13-21-17(14-23(18,22)3)15-25-26(21)20-11-9-19(24)10-12-20/h9-13,15-16,22H,4-8,14H2,1-3H3/t16-,22-,23-/m0/s1. The second-order valence-electron chi connectivity index (χ2n) is 8.32. The molecule has 1 aromatic carbocycles. The Morgan fingerprint density at radius 1 is 1.33 bits per heavy atom. The highest BCUT2D eigenvalue weighted by Gasteiger charge is 2.44. The molecule has 1 heterocycles. The van der Waals surface area contributed by atoms with Gasteiger partial charge in [0.2, 0.25) is 0 Å². The molecule has 3 atom stereocenters. The first-order valence-electron chi connectivity index (χ1n) is 10.2. The van der Waals surface area contributed by atoms with Gasteiger partial charge in [-0.25, -0.2) is 9.07 Å². The molecule has 3 nitrogen and oxygen atoms in total. The van der Waals surface area contributed by atoms with E-state index in [9.17, 15) is 4.39 Å². The van der Waals surface area contributed by atoms with E-state index in [-0.39, 0.29) is 17.3 Å². The van der Waals surface area contributed by atoms with Crippen LogP contribution in [-0.4, -0.2) is 22.0 Å². The van der Waals surface area contributed by atoms with Crippen molar-refractivity contribution in [3.63, 3.8) is 0 Å². The number of benzene rings is 1. The van der Waals surface area contributed by atoms with Gasteiger partial charge in [0.05, 0.1) is 29.8 Å². The highest BCUT2D eigenvalue weighted by molar-refractivity contribution is 5.61. The van der Waals surface area contributed by atoms with Gasteiger partial charge in [-0.15, -0.1) is 0 Å². The van der Waals surface area contributed by atoms with Crippen LogP contribution in [0.15, 0.2) is 36.0 Å². The van der Waals surface area contributed by atoms with Gasteiger partial charge in [-0.2, -0.15) is 5.10 Å². The maximum absolute atomic E-state index is 13.3. The minimum atomic E-state index is -0.223.